The van der Waals surface area contributed by atoms with Gasteiger partial charge in [0.1, 0.15) is 18.2 Å². The van der Waals surface area contributed by atoms with E-state index in [0.29, 0.717) is 21.2 Å². The van der Waals surface area contributed by atoms with Crippen LogP contribution in [0.2, 0.25) is 0 Å². The highest BCUT2D eigenvalue weighted by atomic mass is 79.9. The van der Waals surface area contributed by atoms with Crippen LogP contribution in [0.5, 0.6) is 0 Å². The molecule has 0 aromatic carbocycles. The van der Waals surface area contributed by atoms with E-state index in [1.165, 1.54) is 6.34 Å². The molecule has 0 bridgehead atoms. The minimum atomic E-state index is -0.256. The molecule has 0 aliphatic carbocycles. The topological polar surface area (TPSA) is 63.1 Å². The Bertz CT molecular complexity index is 355. The monoisotopic (exact) mass is 246 g/mol. The minimum Gasteiger partial charge on any atom is -0.383 e. The van der Waals surface area contributed by atoms with Crippen molar-refractivity contribution in [2.24, 2.45) is 20.7 Å². The van der Waals surface area contributed by atoms with Gasteiger partial charge in [-0.05, 0) is 15.9 Å². The van der Waals surface area contributed by atoms with E-state index in [4.69, 9.17) is 17.3 Å². The van der Waals surface area contributed by atoms with Crippen molar-refractivity contribution in [3.05, 3.63) is 9.51 Å². The second-order valence-corrected chi connectivity index (χ2v) is 3.51. The summed E-state index contributed by atoms with van der Waals surface area (Å²) in [5.74, 6) is 0.904. The number of dihydropyridines is 1. The molecule has 2 N–H and O–H groups in total. The van der Waals surface area contributed by atoms with Gasteiger partial charge in [0, 0.05) is 0 Å². The van der Waals surface area contributed by atoms with Crippen molar-refractivity contribution in [3.8, 4) is 0 Å². The summed E-state index contributed by atoms with van der Waals surface area (Å²) in [6, 6.07) is -0.256. The first-order valence-electron chi connectivity index (χ1n) is 3.19. The fourth-order valence-corrected chi connectivity index (χ4v) is 1.54. The third-order valence-corrected chi connectivity index (χ3v) is 3.02. The van der Waals surface area contributed by atoms with Gasteiger partial charge < -0.3 is 5.73 Å². The molecule has 0 spiro atoms. The standard InChI is InChI=1S/C6H4BrClN4/c7-2-3(8)4-6(11-1-10-4)12-5(2)9/h1,4H,(H2,9,10,11,12). The fraction of sp³-hybridized carbons (Fsp3) is 0.167. The Morgan fingerprint density at radius 1 is 1.58 bits per heavy atom. The van der Waals surface area contributed by atoms with Gasteiger partial charge >= 0.3 is 0 Å². The Morgan fingerprint density at radius 2 is 2.33 bits per heavy atom. The van der Waals surface area contributed by atoms with E-state index < -0.39 is 0 Å². The number of halogens is 2. The van der Waals surface area contributed by atoms with Crippen LogP contribution in [0.1, 0.15) is 0 Å². The van der Waals surface area contributed by atoms with E-state index >= 15 is 0 Å². The Balaban J connectivity index is 2.52. The van der Waals surface area contributed by atoms with Crippen molar-refractivity contribution < 1.29 is 0 Å². The molecule has 0 radical (unpaired) electrons. The summed E-state index contributed by atoms with van der Waals surface area (Å²) in [6.07, 6.45) is 1.44. The molecule has 2 rings (SSSR count). The average molecular weight is 247 g/mol. The van der Waals surface area contributed by atoms with Crippen LogP contribution in [0.15, 0.2) is 24.5 Å². The molecule has 12 heavy (non-hydrogen) atoms. The van der Waals surface area contributed by atoms with Crippen LogP contribution in [-0.2, 0) is 0 Å². The lowest BCUT2D eigenvalue weighted by Crippen LogP contribution is -2.27. The van der Waals surface area contributed by atoms with Crippen molar-refractivity contribution >= 4 is 45.5 Å². The normalized spacial score (nSPS) is 27.0. The van der Waals surface area contributed by atoms with Gasteiger partial charge in [0.15, 0.2) is 5.84 Å². The summed E-state index contributed by atoms with van der Waals surface area (Å²) >= 11 is 9.16. The van der Waals surface area contributed by atoms with E-state index in [9.17, 15) is 0 Å². The Kier molecular flexibility index (Phi) is 1.77. The second-order valence-electron chi connectivity index (χ2n) is 2.31. The fourth-order valence-electron chi connectivity index (χ4n) is 0.980. The Hall–Kier alpha value is -0.680. The lowest BCUT2D eigenvalue weighted by molar-refractivity contribution is 1.06. The number of hydrogen-bond donors (Lipinski definition) is 1. The number of aliphatic imine (C=N–C) groups is 3. The summed E-state index contributed by atoms with van der Waals surface area (Å²) in [5.41, 5.74) is 5.55. The maximum Gasteiger partial charge on any atom is 0.162 e. The molecule has 0 amide bonds. The van der Waals surface area contributed by atoms with Crippen LogP contribution < -0.4 is 5.73 Å². The molecule has 0 fully saturated rings. The lowest BCUT2D eigenvalue weighted by Gasteiger charge is -2.14. The van der Waals surface area contributed by atoms with Crippen LogP contribution in [0.4, 0.5) is 0 Å². The van der Waals surface area contributed by atoms with Crippen molar-refractivity contribution in [2.75, 3.05) is 0 Å². The minimum absolute atomic E-state index is 0.256. The Morgan fingerprint density at radius 3 is 3.08 bits per heavy atom. The smallest absolute Gasteiger partial charge is 0.162 e. The number of rotatable bonds is 0. The van der Waals surface area contributed by atoms with Crippen molar-refractivity contribution in [2.45, 2.75) is 6.04 Å². The van der Waals surface area contributed by atoms with Crippen molar-refractivity contribution in [1.82, 2.24) is 0 Å². The Labute approximate surface area is 82.1 Å². The number of nitrogens with zero attached hydrogens (tertiary/aromatic N) is 3. The number of hydrogen-bond acceptors (Lipinski definition) is 4. The van der Waals surface area contributed by atoms with Crippen molar-refractivity contribution in [1.29, 1.82) is 0 Å². The number of fused-ring (bicyclic) bond motifs is 1. The molecule has 2 aliphatic rings. The van der Waals surface area contributed by atoms with E-state index in [0.717, 1.165) is 0 Å². The van der Waals surface area contributed by atoms with Crippen LogP contribution in [0, 0.1) is 0 Å². The highest BCUT2D eigenvalue weighted by Crippen LogP contribution is 2.28. The zero-order chi connectivity index (χ0) is 8.72. The predicted octanol–water partition coefficient (Wildman–Crippen LogP) is 1.01. The molecule has 0 saturated carbocycles. The van der Waals surface area contributed by atoms with Gasteiger partial charge in [0.25, 0.3) is 0 Å². The summed E-state index contributed by atoms with van der Waals surface area (Å²) in [5, 5.41) is 0.537. The molecule has 4 nitrogen and oxygen atoms in total. The highest BCUT2D eigenvalue weighted by Gasteiger charge is 2.28. The molecule has 2 heterocycles. The van der Waals surface area contributed by atoms with Gasteiger partial charge in [-0.25, -0.2) is 9.98 Å². The van der Waals surface area contributed by atoms with Crippen LogP contribution in [-0.4, -0.2) is 24.1 Å². The molecular formula is C6H4BrClN4. The van der Waals surface area contributed by atoms with Gasteiger partial charge in [0.2, 0.25) is 0 Å². The zero-order valence-electron chi connectivity index (χ0n) is 5.83. The first kappa shape index (κ1) is 7.94. The van der Waals surface area contributed by atoms with E-state index in [2.05, 4.69) is 30.9 Å². The van der Waals surface area contributed by atoms with Gasteiger partial charge in [-0.1, -0.05) is 11.6 Å². The SMILES string of the molecule is NC1=NC2=NC=NC2C(Cl)=C1Br. The van der Waals surface area contributed by atoms with E-state index in [-0.39, 0.29) is 6.04 Å². The molecule has 2 aliphatic heterocycles. The quantitative estimate of drug-likeness (QED) is 0.682. The van der Waals surface area contributed by atoms with Crippen molar-refractivity contribution in [3.63, 3.8) is 0 Å². The number of nitrogens with two attached hydrogens (primary N) is 1. The van der Waals surface area contributed by atoms with Crippen LogP contribution in [0.25, 0.3) is 0 Å². The molecule has 0 aromatic rings. The van der Waals surface area contributed by atoms with Gasteiger partial charge in [-0.2, -0.15) is 0 Å². The molecule has 1 atom stereocenters. The first-order chi connectivity index (χ1) is 5.70. The third kappa shape index (κ3) is 1.01. The number of amidine groups is 2. The van der Waals surface area contributed by atoms with E-state index in [1.807, 2.05) is 0 Å². The molecule has 1 unspecified atom stereocenters. The van der Waals surface area contributed by atoms with Crippen LogP contribution in [0.3, 0.4) is 0 Å². The van der Waals surface area contributed by atoms with Gasteiger partial charge in [-0.15, -0.1) is 0 Å². The predicted molar refractivity (Wildman–Crippen MR) is 53.1 cm³/mol. The molecule has 0 aromatic heterocycles. The summed E-state index contributed by atoms with van der Waals surface area (Å²) in [4.78, 5) is 11.9. The zero-order valence-corrected chi connectivity index (χ0v) is 8.17. The highest BCUT2D eigenvalue weighted by molar-refractivity contribution is 9.12. The molecular weight excluding hydrogens is 243 g/mol. The summed E-state index contributed by atoms with van der Waals surface area (Å²) in [7, 11) is 0. The summed E-state index contributed by atoms with van der Waals surface area (Å²) < 4.78 is 0.604. The first-order valence-corrected chi connectivity index (χ1v) is 4.36. The summed E-state index contributed by atoms with van der Waals surface area (Å²) in [6.45, 7) is 0. The molecule has 62 valence electrons. The van der Waals surface area contributed by atoms with Crippen LogP contribution >= 0.6 is 27.5 Å². The largest absolute Gasteiger partial charge is 0.383 e. The van der Waals surface area contributed by atoms with Gasteiger partial charge in [-0.3, -0.25) is 4.99 Å². The maximum atomic E-state index is 5.94. The maximum absolute atomic E-state index is 5.94. The second kappa shape index (κ2) is 2.67. The van der Waals surface area contributed by atoms with Gasteiger partial charge in [0.05, 0.1) is 9.51 Å². The molecule has 0 saturated heterocycles. The average Bonchev–Trinajstić information content (AvgIpc) is 2.48. The third-order valence-electron chi connectivity index (χ3n) is 1.56. The molecule has 6 heteroatoms. The lowest BCUT2D eigenvalue weighted by atomic mass is 10.2. The van der Waals surface area contributed by atoms with E-state index in [1.54, 1.807) is 0 Å².